The van der Waals surface area contributed by atoms with Crippen molar-refractivity contribution >= 4 is 5.91 Å². The highest BCUT2D eigenvalue weighted by atomic mass is 16.7. The summed E-state index contributed by atoms with van der Waals surface area (Å²) >= 11 is 0. The average Bonchev–Trinajstić information content (AvgIpc) is 3.29. The van der Waals surface area contributed by atoms with Crippen molar-refractivity contribution in [2.75, 3.05) is 13.2 Å². The van der Waals surface area contributed by atoms with E-state index in [1.54, 1.807) is 0 Å². The Labute approximate surface area is 391 Å². The predicted molar refractivity (Wildman–Crippen MR) is 261 cm³/mol. The van der Waals surface area contributed by atoms with Crippen LogP contribution in [-0.2, 0) is 14.3 Å². The summed E-state index contributed by atoms with van der Waals surface area (Å²) in [6, 6.07) is -1.19. The first kappa shape index (κ1) is 60.6. The van der Waals surface area contributed by atoms with Crippen LogP contribution in [0.2, 0.25) is 0 Å². The zero-order chi connectivity index (χ0) is 46.9. The van der Waals surface area contributed by atoms with Crippen LogP contribution in [0.25, 0.3) is 0 Å². The lowest BCUT2D eigenvalue weighted by Crippen LogP contribution is -2.60. The first-order valence-electron chi connectivity index (χ1n) is 26.7. The van der Waals surface area contributed by atoms with E-state index in [1.807, 2.05) is 0 Å². The van der Waals surface area contributed by atoms with E-state index in [9.17, 15) is 40.5 Å². The third kappa shape index (κ3) is 31.5. The fraction of sp³-hybridized carbons (Fsp3) is 0.906. The van der Waals surface area contributed by atoms with Crippen molar-refractivity contribution in [2.45, 2.75) is 294 Å². The Morgan fingerprint density at radius 1 is 0.531 bits per heavy atom. The molecule has 8 N–H and O–H groups in total. The fourth-order valence-electron chi connectivity index (χ4n) is 8.55. The molecule has 1 heterocycles. The van der Waals surface area contributed by atoms with Gasteiger partial charge in [0.2, 0.25) is 5.91 Å². The van der Waals surface area contributed by atoms with E-state index in [0.29, 0.717) is 12.8 Å². The molecule has 378 valence electrons. The van der Waals surface area contributed by atoms with Crippen molar-refractivity contribution in [3.63, 3.8) is 0 Å². The number of aliphatic hydroxyl groups excluding tert-OH is 7. The Bertz CT molecular complexity index is 1090. The monoisotopic (exact) mass is 912 g/mol. The molecule has 1 amide bonds. The standard InChI is InChI=1S/C53H101NO10/c1-3-5-7-9-11-13-15-17-18-19-20-21-22-23-24-25-26-27-28-29-31-32-34-36-38-40-45(56)48(58)44(43-63-53-51(61)50(60)49(59)47(42-55)64-53)54-52(62)46(57)41-39-37-35-33-30-16-14-12-10-8-6-4-2/h30,32-34,44-51,53,55-61H,3-29,31,35-43H2,1-2H3,(H,54,62)/b33-30-,34-32+. The van der Waals surface area contributed by atoms with Gasteiger partial charge in [-0.1, -0.05) is 199 Å². The van der Waals surface area contributed by atoms with Crippen molar-refractivity contribution < 1.29 is 50.0 Å². The second-order valence-corrected chi connectivity index (χ2v) is 18.9. The minimum Gasteiger partial charge on any atom is -0.394 e. The molecule has 0 radical (unpaired) electrons. The molecule has 1 aliphatic rings. The summed E-state index contributed by atoms with van der Waals surface area (Å²) in [4.78, 5) is 13.1. The van der Waals surface area contributed by atoms with Gasteiger partial charge < -0.3 is 50.5 Å². The third-order valence-corrected chi connectivity index (χ3v) is 13.0. The molecule has 1 aliphatic heterocycles. The molecule has 1 saturated heterocycles. The van der Waals surface area contributed by atoms with Crippen LogP contribution in [0.3, 0.4) is 0 Å². The largest absolute Gasteiger partial charge is 0.394 e. The second-order valence-electron chi connectivity index (χ2n) is 18.9. The van der Waals surface area contributed by atoms with Gasteiger partial charge in [0, 0.05) is 0 Å². The van der Waals surface area contributed by atoms with Crippen molar-refractivity contribution in [3.05, 3.63) is 24.3 Å². The molecule has 9 unspecified atom stereocenters. The number of allylic oxidation sites excluding steroid dienone is 4. The van der Waals surface area contributed by atoms with Gasteiger partial charge in [0.1, 0.15) is 36.6 Å². The zero-order valence-electron chi connectivity index (χ0n) is 41.0. The number of unbranched alkanes of at least 4 members (excludes halogenated alkanes) is 29. The summed E-state index contributed by atoms with van der Waals surface area (Å²) < 4.78 is 11.1. The summed E-state index contributed by atoms with van der Waals surface area (Å²) in [5.41, 5.74) is 0. The summed E-state index contributed by atoms with van der Waals surface area (Å²) in [6.45, 7) is 3.42. The van der Waals surface area contributed by atoms with Crippen molar-refractivity contribution in [2.24, 2.45) is 0 Å². The molecule has 0 spiro atoms. The van der Waals surface area contributed by atoms with E-state index in [1.165, 1.54) is 161 Å². The molecule has 0 aromatic rings. The topological polar surface area (TPSA) is 189 Å². The lowest BCUT2D eigenvalue weighted by atomic mass is 9.98. The predicted octanol–water partition coefficient (Wildman–Crippen LogP) is 10.2. The van der Waals surface area contributed by atoms with E-state index >= 15 is 0 Å². The number of amides is 1. The molecule has 0 aromatic carbocycles. The average molecular weight is 912 g/mol. The molecule has 1 fully saturated rings. The molecule has 0 aromatic heterocycles. The zero-order valence-corrected chi connectivity index (χ0v) is 41.0. The Kier molecular flexibility index (Phi) is 40.6. The molecule has 0 saturated carbocycles. The number of hydrogen-bond acceptors (Lipinski definition) is 10. The first-order chi connectivity index (χ1) is 31.2. The minimum atomic E-state index is -1.67. The Morgan fingerprint density at radius 3 is 1.34 bits per heavy atom. The molecule has 11 heteroatoms. The smallest absolute Gasteiger partial charge is 0.249 e. The Hall–Kier alpha value is -1.41. The van der Waals surface area contributed by atoms with E-state index in [4.69, 9.17) is 9.47 Å². The number of hydrogen-bond donors (Lipinski definition) is 8. The third-order valence-electron chi connectivity index (χ3n) is 13.0. The molecule has 1 rings (SSSR count). The quantitative estimate of drug-likeness (QED) is 0.0216. The van der Waals surface area contributed by atoms with Gasteiger partial charge in [0.25, 0.3) is 0 Å². The van der Waals surface area contributed by atoms with Crippen LogP contribution in [0.4, 0.5) is 0 Å². The van der Waals surface area contributed by atoms with E-state index in [0.717, 1.165) is 38.5 Å². The maximum absolute atomic E-state index is 13.1. The van der Waals surface area contributed by atoms with E-state index in [2.05, 4.69) is 43.5 Å². The van der Waals surface area contributed by atoms with Crippen LogP contribution in [0.15, 0.2) is 24.3 Å². The molecular weight excluding hydrogens is 811 g/mol. The maximum Gasteiger partial charge on any atom is 0.249 e. The van der Waals surface area contributed by atoms with Crippen LogP contribution in [-0.4, -0.2) is 110 Å². The number of aliphatic hydroxyl groups is 7. The van der Waals surface area contributed by atoms with Crippen LogP contribution in [0, 0.1) is 0 Å². The minimum absolute atomic E-state index is 0.224. The second kappa shape index (κ2) is 42.9. The van der Waals surface area contributed by atoms with Gasteiger partial charge >= 0.3 is 0 Å². The molecule has 0 aliphatic carbocycles. The SMILES string of the molecule is CCCCCCCC/C=C\CCCCC(O)C(=O)NC(COC1OC(CO)C(O)C(O)C1O)C(O)C(O)CCC/C=C/CCCCCCCCCCCCCCCCCCCCCC. The highest BCUT2D eigenvalue weighted by Gasteiger charge is 2.44. The molecule has 11 nitrogen and oxygen atoms in total. The maximum atomic E-state index is 13.1. The van der Waals surface area contributed by atoms with Gasteiger partial charge in [-0.3, -0.25) is 4.79 Å². The highest BCUT2D eigenvalue weighted by Crippen LogP contribution is 2.23. The van der Waals surface area contributed by atoms with Gasteiger partial charge in [-0.05, 0) is 64.2 Å². The van der Waals surface area contributed by atoms with Crippen molar-refractivity contribution in [3.8, 4) is 0 Å². The van der Waals surface area contributed by atoms with E-state index < -0.39 is 74.2 Å². The highest BCUT2D eigenvalue weighted by molar-refractivity contribution is 5.80. The van der Waals surface area contributed by atoms with Crippen molar-refractivity contribution in [1.29, 1.82) is 0 Å². The van der Waals surface area contributed by atoms with E-state index in [-0.39, 0.29) is 12.8 Å². The Balaban J connectivity index is 2.34. The summed E-state index contributed by atoms with van der Waals surface area (Å²) in [5, 5.41) is 75.8. The lowest BCUT2D eigenvalue weighted by molar-refractivity contribution is -0.303. The molecule has 0 bridgehead atoms. The van der Waals surface area contributed by atoms with Crippen LogP contribution >= 0.6 is 0 Å². The number of rotatable bonds is 45. The van der Waals surface area contributed by atoms with Crippen LogP contribution < -0.4 is 5.32 Å². The summed E-state index contributed by atoms with van der Waals surface area (Å²) in [5.74, 6) is -0.722. The van der Waals surface area contributed by atoms with Crippen molar-refractivity contribution in [1.82, 2.24) is 5.32 Å². The number of ether oxygens (including phenoxy) is 2. The van der Waals surface area contributed by atoms with Gasteiger partial charge in [-0.2, -0.15) is 0 Å². The number of nitrogens with one attached hydrogen (secondary N) is 1. The first-order valence-corrected chi connectivity index (χ1v) is 26.7. The number of carbonyl (C=O) groups excluding carboxylic acids is 1. The molecule has 9 atom stereocenters. The lowest BCUT2D eigenvalue weighted by Gasteiger charge is -2.40. The normalized spacial score (nSPS) is 21.2. The summed E-state index contributed by atoms with van der Waals surface area (Å²) in [7, 11) is 0. The molecular formula is C53H101NO10. The summed E-state index contributed by atoms with van der Waals surface area (Å²) in [6.07, 6.45) is 38.2. The fourth-order valence-corrected chi connectivity index (χ4v) is 8.55. The van der Waals surface area contributed by atoms with Gasteiger partial charge in [0.05, 0.1) is 25.4 Å². The Morgan fingerprint density at radius 2 is 0.922 bits per heavy atom. The van der Waals surface area contributed by atoms with Crippen LogP contribution in [0.1, 0.15) is 239 Å². The van der Waals surface area contributed by atoms with Gasteiger partial charge in [-0.15, -0.1) is 0 Å². The molecule has 64 heavy (non-hydrogen) atoms. The van der Waals surface area contributed by atoms with Gasteiger partial charge in [-0.25, -0.2) is 0 Å². The van der Waals surface area contributed by atoms with Crippen LogP contribution in [0.5, 0.6) is 0 Å². The number of carbonyl (C=O) groups is 1. The van der Waals surface area contributed by atoms with Gasteiger partial charge in [0.15, 0.2) is 6.29 Å².